The van der Waals surface area contributed by atoms with E-state index in [0.717, 1.165) is 13.0 Å². The van der Waals surface area contributed by atoms with Crippen molar-refractivity contribution >= 4 is 5.97 Å². The summed E-state index contributed by atoms with van der Waals surface area (Å²) in [6.45, 7) is 6.92. The topological polar surface area (TPSA) is 55.6 Å². The van der Waals surface area contributed by atoms with Gasteiger partial charge in [-0.05, 0) is 27.2 Å². The first-order valence-electron chi connectivity index (χ1n) is 4.62. The molecule has 4 heteroatoms. The minimum Gasteiger partial charge on any atom is -0.367 e. The zero-order valence-electron chi connectivity index (χ0n) is 8.54. The summed E-state index contributed by atoms with van der Waals surface area (Å²) in [4.78, 5) is 16.6. The van der Waals surface area contributed by atoms with Gasteiger partial charge in [0.2, 0.25) is 0 Å². The molecule has 76 valence electrons. The van der Waals surface area contributed by atoms with E-state index in [9.17, 15) is 4.79 Å². The summed E-state index contributed by atoms with van der Waals surface area (Å²) in [7, 11) is 0. The van der Waals surface area contributed by atoms with E-state index in [-0.39, 0.29) is 12.0 Å². The maximum atomic E-state index is 11.4. The molecule has 4 nitrogen and oxygen atoms in total. The van der Waals surface area contributed by atoms with Gasteiger partial charge in [-0.25, -0.2) is 4.79 Å². The average molecular weight is 186 g/mol. The van der Waals surface area contributed by atoms with Crippen molar-refractivity contribution in [3.8, 4) is 0 Å². The van der Waals surface area contributed by atoms with E-state index in [2.05, 4.69) is 0 Å². The Bertz CT molecular complexity index is 198. The normalized spacial score (nSPS) is 24.8. The van der Waals surface area contributed by atoms with Gasteiger partial charge in [0, 0.05) is 12.6 Å². The standard InChI is InChI=1S/C9H18N2O2/c1-9(2,3)8(12)13-11-5-4-7(10)6-11/h7H,4-6,10H2,1-3H3/t7-/m1/s1. The molecule has 1 atom stereocenters. The minimum atomic E-state index is -0.438. The summed E-state index contributed by atoms with van der Waals surface area (Å²) < 4.78 is 0. The van der Waals surface area contributed by atoms with Gasteiger partial charge in [-0.2, -0.15) is 0 Å². The Morgan fingerprint density at radius 3 is 2.54 bits per heavy atom. The molecule has 0 radical (unpaired) electrons. The first kappa shape index (κ1) is 10.5. The van der Waals surface area contributed by atoms with Crippen LogP contribution in [0.3, 0.4) is 0 Å². The Morgan fingerprint density at radius 2 is 2.15 bits per heavy atom. The van der Waals surface area contributed by atoms with E-state index in [1.54, 1.807) is 5.06 Å². The van der Waals surface area contributed by atoms with E-state index in [1.165, 1.54) is 0 Å². The lowest BCUT2D eigenvalue weighted by atomic mass is 9.98. The van der Waals surface area contributed by atoms with Crippen LogP contribution in [-0.2, 0) is 9.63 Å². The molecular formula is C9H18N2O2. The fourth-order valence-corrected chi connectivity index (χ4v) is 1.09. The third-order valence-electron chi connectivity index (χ3n) is 2.01. The van der Waals surface area contributed by atoms with Crippen LogP contribution < -0.4 is 5.73 Å². The summed E-state index contributed by atoms with van der Waals surface area (Å²) in [6, 6.07) is 0.146. The fourth-order valence-electron chi connectivity index (χ4n) is 1.09. The largest absolute Gasteiger partial charge is 0.367 e. The van der Waals surface area contributed by atoms with Crippen LogP contribution >= 0.6 is 0 Å². The Labute approximate surface area is 79.0 Å². The van der Waals surface area contributed by atoms with Gasteiger partial charge in [-0.15, -0.1) is 5.06 Å². The summed E-state index contributed by atoms with van der Waals surface area (Å²) in [5, 5.41) is 1.65. The first-order valence-corrected chi connectivity index (χ1v) is 4.62. The van der Waals surface area contributed by atoms with E-state index in [4.69, 9.17) is 10.6 Å². The van der Waals surface area contributed by atoms with Crippen molar-refractivity contribution in [1.82, 2.24) is 5.06 Å². The third-order valence-corrected chi connectivity index (χ3v) is 2.01. The van der Waals surface area contributed by atoms with Crippen LogP contribution in [0.2, 0.25) is 0 Å². The van der Waals surface area contributed by atoms with Crippen LogP contribution in [0, 0.1) is 5.41 Å². The Morgan fingerprint density at radius 1 is 1.54 bits per heavy atom. The van der Waals surface area contributed by atoms with E-state index in [0.29, 0.717) is 6.54 Å². The van der Waals surface area contributed by atoms with Crippen molar-refractivity contribution < 1.29 is 9.63 Å². The van der Waals surface area contributed by atoms with Crippen LogP contribution in [0.5, 0.6) is 0 Å². The second kappa shape index (κ2) is 3.64. The van der Waals surface area contributed by atoms with Crippen LogP contribution in [0.1, 0.15) is 27.2 Å². The quantitative estimate of drug-likeness (QED) is 0.648. The van der Waals surface area contributed by atoms with E-state index in [1.807, 2.05) is 20.8 Å². The van der Waals surface area contributed by atoms with Gasteiger partial charge >= 0.3 is 5.97 Å². The number of nitrogens with zero attached hydrogens (tertiary/aromatic N) is 1. The molecule has 0 aromatic carbocycles. The molecule has 1 fully saturated rings. The summed E-state index contributed by atoms with van der Waals surface area (Å²) >= 11 is 0. The number of rotatable bonds is 1. The second-order valence-electron chi connectivity index (χ2n) is 4.57. The molecule has 0 aliphatic carbocycles. The zero-order valence-corrected chi connectivity index (χ0v) is 8.54. The van der Waals surface area contributed by atoms with Gasteiger partial charge in [-0.1, -0.05) is 0 Å². The van der Waals surface area contributed by atoms with Gasteiger partial charge in [0.05, 0.1) is 12.0 Å². The molecule has 2 N–H and O–H groups in total. The highest BCUT2D eigenvalue weighted by molar-refractivity contribution is 5.75. The third kappa shape index (κ3) is 2.97. The lowest BCUT2D eigenvalue weighted by molar-refractivity contribution is -0.195. The summed E-state index contributed by atoms with van der Waals surface area (Å²) in [5.41, 5.74) is 5.24. The molecule has 0 bridgehead atoms. The van der Waals surface area contributed by atoms with Gasteiger partial charge in [0.1, 0.15) is 0 Å². The van der Waals surface area contributed by atoms with Crippen LogP contribution in [0.15, 0.2) is 0 Å². The molecule has 1 heterocycles. The van der Waals surface area contributed by atoms with Gasteiger partial charge in [0.25, 0.3) is 0 Å². The molecule has 0 unspecified atom stereocenters. The summed E-state index contributed by atoms with van der Waals surface area (Å²) in [6.07, 6.45) is 0.900. The van der Waals surface area contributed by atoms with Crippen molar-refractivity contribution in [2.24, 2.45) is 11.1 Å². The SMILES string of the molecule is CC(C)(C)C(=O)ON1CC[C@@H](N)C1. The van der Waals surface area contributed by atoms with Gasteiger partial charge in [0.15, 0.2) is 0 Å². The second-order valence-corrected chi connectivity index (χ2v) is 4.57. The molecule has 1 aliphatic rings. The number of carbonyl (C=O) groups is 1. The molecule has 0 aromatic rings. The molecular weight excluding hydrogens is 168 g/mol. The Balaban J connectivity index is 2.37. The Hall–Kier alpha value is -0.610. The number of hydrogen-bond acceptors (Lipinski definition) is 4. The molecule has 1 rings (SSSR count). The molecule has 0 amide bonds. The first-order chi connectivity index (χ1) is 5.89. The summed E-state index contributed by atoms with van der Waals surface area (Å²) in [5.74, 6) is -0.193. The lowest BCUT2D eigenvalue weighted by Gasteiger charge is -2.21. The van der Waals surface area contributed by atoms with Crippen molar-refractivity contribution in [1.29, 1.82) is 0 Å². The highest BCUT2D eigenvalue weighted by Gasteiger charge is 2.28. The fraction of sp³-hybridized carbons (Fsp3) is 0.889. The predicted molar refractivity (Wildman–Crippen MR) is 49.7 cm³/mol. The van der Waals surface area contributed by atoms with Gasteiger partial charge in [-0.3, -0.25) is 0 Å². The molecule has 1 saturated heterocycles. The van der Waals surface area contributed by atoms with Crippen LogP contribution in [0.4, 0.5) is 0 Å². The van der Waals surface area contributed by atoms with E-state index < -0.39 is 5.41 Å². The molecule has 13 heavy (non-hydrogen) atoms. The van der Waals surface area contributed by atoms with Crippen molar-refractivity contribution in [2.45, 2.75) is 33.2 Å². The highest BCUT2D eigenvalue weighted by atomic mass is 16.7. The number of nitrogens with two attached hydrogens (primary N) is 1. The number of carbonyl (C=O) groups excluding carboxylic acids is 1. The van der Waals surface area contributed by atoms with Gasteiger partial charge < -0.3 is 10.6 Å². The Kier molecular flexibility index (Phi) is 2.93. The lowest BCUT2D eigenvalue weighted by Crippen LogP contribution is -2.33. The van der Waals surface area contributed by atoms with Crippen LogP contribution in [0.25, 0.3) is 0 Å². The zero-order chi connectivity index (χ0) is 10.1. The molecule has 0 spiro atoms. The predicted octanol–water partition coefficient (Wildman–Crippen LogP) is 0.524. The van der Waals surface area contributed by atoms with E-state index >= 15 is 0 Å². The number of hydrogen-bond donors (Lipinski definition) is 1. The highest BCUT2D eigenvalue weighted by Crippen LogP contribution is 2.17. The smallest absolute Gasteiger partial charge is 0.330 e. The minimum absolute atomic E-state index is 0.146. The molecule has 0 saturated carbocycles. The monoisotopic (exact) mass is 186 g/mol. The maximum Gasteiger partial charge on any atom is 0.330 e. The van der Waals surface area contributed by atoms with Crippen molar-refractivity contribution in [3.05, 3.63) is 0 Å². The van der Waals surface area contributed by atoms with Crippen LogP contribution in [-0.4, -0.2) is 30.2 Å². The maximum absolute atomic E-state index is 11.4. The van der Waals surface area contributed by atoms with Crippen molar-refractivity contribution in [2.75, 3.05) is 13.1 Å². The average Bonchev–Trinajstić information content (AvgIpc) is 2.33. The molecule has 0 aromatic heterocycles. The molecule has 1 aliphatic heterocycles. The number of hydroxylamine groups is 2. The van der Waals surface area contributed by atoms with Crippen molar-refractivity contribution in [3.63, 3.8) is 0 Å².